The molecule has 3 aromatic carbocycles. The van der Waals surface area contributed by atoms with Crippen molar-refractivity contribution >= 4 is 11.8 Å². The summed E-state index contributed by atoms with van der Waals surface area (Å²) in [5.41, 5.74) is 7.37. The number of hydrogen-bond donors (Lipinski definition) is 0. The molecular weight excluding hydrogens is 242 g/mol. The van der Waals surface area contributed by atoms with Crippen LogP contribution in [0.4, 0.5) is 5.69 Å². The van der Waals surface area contributed by atoms with Crippen molar-refractivity contribution in [2.45, 2.75) is 0 Å². The third-order valence-corrected chi connectivity index (χ3v) is 4.10. The lowest BCUT2D eigenvalue weighted by Crippen LogP contribution is -2.10. The highest BCUT2D eigenvalue weighted by atomic mass is 14.8. The molecule has 0 bridgehead atoms. The summed E-state index contributed by atoms with van der Waals surface area (Å²) in [6.07, 6.45) is 2.24. The molecule has 1 radical (unpaired) electrons. The smallest absolute Gasteiger partial charge is 0.0722 e. The van der Waals surface area contributed by atoms with Gasteiger partial charge in [-0.05, 0) is 58.3 Å². The molecule has 20 heavy (non-hydrogen) atoms. The highest BCUT2D eigenvalue weighted by molar-refractivity contribution is 5.87. The number of rotatable bonds is 0. The summed E-state index contributed by atoms with van der Waals surface area (Å²) < 4.78 is 0. The van der Waals surface area contributed by atoms with Crippen LogP contribution in [0.2, 0.25) is 0 Å². The summed E-state index contributed by atoms with van der Waals surface area (Å²) in [4.78, 5) is 4.74. The normalized spacial score (nSPS) is 12.8. The molecule has 0 saturated heterocycles. The van der Waals surface area contributed by atoms with E-state index < -0.39 is 0 Å². The van der Waals surface area contributed by atoms with E-state index in [4.69, 9.17) is 4.99 Å². The monoisotopic (exact) mass is 252 g/mol. The van der Waals surface area contributed by atoms with E-state index in [2.05, 4.69) is 48.5 Å². The van der Waals surface area contributed by atoms with Crippen LogP contribution in [0.3, 0.4) is 0 Å². The van der Waals surface area contributed by atoms with Crippen LogP contribution in [-0.4, -0.2) is 0 Å². The van der Waals surface area contributed by atoms with Crippen molar-refractivity contribution in [1.29, 1.82) is 0 Å². The molecule has 3 aromatic rings. The van der Waals surface area contributed by atoms with Gasteiger partial charge < -0.3 is 0 Å². The van der Waals surface area contributed by atoms with Gasteiger partial charge in [-0.15, -0.1) is 0 Å². The first-order chi connectivity index (χ1) is 9.90. The highest BCUT2D eigenvalue weighted by Gasteiger charge is 2.17. The maximum atomic E-state index is 4.74. The molecule has 0 amide bonds. The zero-order chi connectivity index (χ0) is 13.1. The second-order valence-corrected chi connectivity index (χ2v) is 5.24. The van der Waals surface area contributed by atoms with Crippen molar-refractivity contribution in [2.75, 3.05) is 0 Å². The Morgan fingerprint density at radius 3 is 2.80 bits per heavy atom. The molecule has 1 heteroatoms. The Labute approximate surface area is 116 Å². The van der Waals surface area contributed by atoms with Gasteiger partial charge in [0, 0.05) is 11.1 Å². The Morgan fingerprint density at radius 1 is 0.850 bits per heavy atom. The number of benzene rings is 3. The van der Waals surface area contributed by atoms with Crippen LogP contribution in [-0.2, 0) is 0 Å². The Kier molecular flexibility index (Phi) is 1.75. The molecule has 5 rings (SSSR count). The van der Waals surface area contributed by atoms with Crippen molar-refractivity contribution in [1.82, 2.24) is 0 Å². The Balaban J connectivity index is 1.88. The lowest BCUT2D eigenvalue weighted by molar-refractivity contribution is 1.41. The quantitative estimate of drug-likeness (QED) is 0.401. The van der Waals surface area contributed by atoms with Gasteiger partial charge in [0.15, 0.2) is 0 Å². The maximum absolute atomic E-state index is 4.74. The van der Waals surface area contributed by atoms with E-state index in [0.717, 1.165) is 11.0 Å². The molecule has 0 aromatic heterocycles. The predicted octanol–water partition coefficient (Wildman–Crippen LogP) is 3.23. The summed E-state index contributed by atoms with van der Waals surface area (Å²) in [7, 11) is 0. The van der Waals surface area contributed by atoms with Gasteiger partial charge in [0.1, 0.15) is 0 Å². The van der Waals surface area contributed by atoms with E-state index in [9.17, 15) is 0 Å². The van der Waals surface area contributed by atoms with E-state index in [1.54, 1.807) is 0 Å². The molecule has 0 saturated carbocycles. The minimum Gasteiger partial charge on any atom is -0.248 e. The van der Waals surface area contributed by atoms with Crippen LogP contribution >= 0.6 is 0 Å². The molecule has 1 nitrogen and oxygen atoms in total. The zero-order valence-electron chi connectivity index (χ0n) is 10.7. The fourth-order valence-corrected chi connectivity index (χ4v) is 3.17. The fourth-order valence-electron chi connectivity index (χ4n) is 3.17. The van der Waals surface area contributed by atoms with Crippen molar-refractivity contribution in [3.63, 3.8) is 0 Å². The Hall–Kier alpha value is -2.67. The van der Waals surface area contributed by atoms with E-state index in [1.807, 2.05) is 18.2 Å². The highest BCUT2D eigenvalue weighted by Crippen LogP contribution is 2.33. The minimum atomic E-state index is 1.08. The largest absolute Gasteiger partial charge is 0.248 e. The molecule has 0 unspecified atom stereocenters. The van der Waals surface area contributed by atoms with Crippen molar-refractivity contribution in [2.24, 2.45) is 4.99 Å². The molecule has 1 heterocycles. The van der Waals surface area contributed by atoms with Gasteiger partial charge >= 0.3 is 0 Å². The lowest BCUT2D eigenvalue weighted by Gasteiger charge is -2.01. The van der Waals surface area contributed by atoms with Gasteiger partial charge in [0.05, 0.1) is 11.0 Å². The molecule has 0 fully saturated rings. The summed E-state index contributed by atoms with van der Waals surface area (Å²) in [6.45, 7) is 0. The van der Waals surface area contributed by atoms with E-state index >= 15 is 0 Å². The van der Waals surface area contributed by atoms with Crippen LogP contribution in [0.1, 0.15) is 5.56 Å². The first-order valence-electron chi connectivity index (χ1n) is 6.74. The summed E-state index contributed by atoms with van der Waals surface area (Å²) in [6, 6.07) is 22.1. The van der Waals surface area contributed by atoms with Gasteiger partial charge in [0.2, 0.25) is 0 Å². The zero-order valence-corrected chi connectivity index (χ0v) is 10.7. The molecule has 2 aliphatic rings. The van der Waals surface area contributed by atoms with Crippen molar-refractivity contribution in [3.05, 3.63) is 76.8 Å². The predicted molar refractivity (Wildman–Crippen MR) is 80.2 cm³/mol. The molecule has 0 spiro atoms. The van der Waals surface area contributed by atoms with Crippen LogP contribution in [0, 0.1) is 6.07 Å². The number of para-hydroxylation sites is 1. The fraction of sp³-hybridized carbons (Fsp3) is 0. The molecule has 1 aliphatic heterocycles. The third-order valence-electron chi connectivity index (χ3n) is 4.10. The first-order valence-corrected chi connectivity index (χ1v) is 6.74. The van der Waals surface area contributed by atoms with E-state index in [0.29, 0.717) is 0 Å². The minimum absolute atomic E-state index is 1.08. The average molecular weight is 252 g/mol. The molecule has 91 valence electrons. The SMILES string of the molecule is [c]1ccc2c(c1)C=c1cc3c(cc1-2)=Nc1ccccc1-3. The van der Waals surface area contributed by atoms with E-state index in [-0.39, 0.29) is 0 Å². The Morgan fingerprint density at radius 2 is 1.80 bits per heavy atom. The molecule has 0 N–H and O–H groups in total. The average Bonchev–Trinajstić information content (AvgIpc) is 3.02. The topological polar surface area (TPSA) is 12.4 Å². The van der Waals surface area contributed by atoms with E-state index in [1.165, 1.54) is 33.0 Å². The Bertz CT molecular complexity index is 913. The summed E-state index contributed by atoms with van der Waals surface area (Å²) in [5.74, 6) is 0. The van der Waals surface area contributed by atoms with Crippen molar-refractivity contribution < 1.29 is 0 Å². The van der Waals surface area contributed by atoms with Gasteiger partial charge in [0.25, 0.3) is 0 Å². The lowest BCUT2D eigenvalue weighted by atomic mass is 10.0. The summed E-state index contributed by atoms with van der Waals surface area (Å²) in [5, 5.41) is 2.37. The second kappa shape index (κ2) is 3.45. The molecule has 0 atom stereocenters. The van der Waals surface area contributed by atoms with Crippen LogP contribution in [0.5, 0.6) is 0 Å². The second-order valence-electron chi connectivity index (χ2n) is 5.24. The van der Waals surface area contributed by atoms with Crippen molar-refractivity contribution in [3.8, 4) is 22.3 Å². The first kappa shape index (κ1) is 10.2. The molecular formula is C19H10N. The number of fused-ring (bicyclic) bond motifs is 6. The summed E-state index contributed by atoms with van der Waals surface area (Å²) >= 11 is 0. The van der Waals surface area contributed by atoms with Crippen LogP contribution < -0.4 is 10.6 Å². The number of hydrogen-bond acceptors (Lipinski definition) is 1. The number of nitrogens with zero attached hydrogens (tertiary/aromatic N) is 1. The molecule has 1 aliphatic carbocycles. The standard InChI is InChI=1S/C19H10N/c1-2-6-14-12(5-1)9-13-10-17-15-7-3-4-8-18(15)20-19(17)11-16(13)14/h2-11H. The van der Waals surface area contributed by atoms with Gasteiger partial charge in [-0.2, -0.15) is 0 Å². The third kappa shape index (κ3) is 1.19. The van der Waals surface area contributed by atoms with Gasteiger partial charge in [-0.1, -0.05) is 30.3 Å². The van der Waals surface area contributed by atoms with Crippen LogP contribution in [0.25, 0.3) is 28.3 Å². The maximum Gasteiger partial charge on any atom is 0.0722 e. The van der Waals surface area contributed by atoms with Gasteiger partial charge in [-0.25, -0.2) is 4.99 Å². The van der Waals surface area contributed by atoms with Crippen LogP contribution in [0.15, 0.2) is 59.6 Å². The van der Waals surface area contributed by atoms with Gasteiger partial charge in [-0.3, -0.25) is 0 Å².